The number of carbonyl (C=O) groups is 2. The highest BCUT2D eigenvalue weighted by Crippen LogP contribution is 2.22. The Morgan fingerprint density at radius 1 is 1.13 bits per heavy atom. The molecular weight excluding hydrogens is 382 g/mol. The molecule has 1 atom stereocenters. The highest BCUT2D eigenvalue weighted by atomic mass is 16.5. The minimum Gasteiger partial charge on any atom is -0.465 e. The molecule has 0 aliphatic rings. The first-order valence-electron chi connectivity index (χ1n) is 9.76. The van der Waals surface area contributed by atoms with E-state index in [9.17, 15) is 9.59 Å². The summed E-state index contributed by atoms with van der Waals surface area (Å²) < 4.78 is 6.48. The summed E-state index contributed by atoms with van der Waals surface area (Å²) in [4.78, 5) is 28.9. The largest absolute Gasteiger partial charge is 0.465 e. The predicted molar refractivity (Wildman–Crippen MR) is 114 cm³/mol. The minimum atomic E-state index is -0.442. The number of rotatable bonds is 9. The molecule has 1 amide bonds. The molecule has 156 valence electrons. The van der Waals surface area contributed by atoms with Gasteiger partial charge < -0.3 is 15.4 Å². The zero-order chi connectivity index (χ0) is 21.3. The van der Waals surface area contributed by atoms with Gasteiger partial charge in [0.2, 0.25) is 5.91 Å². The third-order valence-electron chi connectivity index (χ3n) is 4.54. The molecule has 1 aromatic carbocycles. The van der Waals surface area contributed by atoms with Gasteiger partial charge in [-0.3, -0.25) is 14.6 Å². The molecule has 0 saturated heterocycles. The Balaban J connectivity index is 1.82. The van der Waals surface area contributed by atoms with E-state index >= 15 is 0 Å². The number of hydrogen-bond acceptors (Lipinski definition) is 6. The van der Waals surface area contributed by atoms with Gasteiger partial charge in [-0.15, -0.1) is 0 Å². The number of ether oxygens (including phenoxy) is 1. The first kappa shape index (κ1) is 21.2. The molecule has 3 aromatic rings. The van der Waals surface area contributed by atoms with E-state index in [0.717, 1.165) is 11.1 Å². The Bertz CT molecular complexity index is 973. The SMILES string of the molecule is CCOC(=O)Cn1nc(-c2ccncc2)cc1NC(=O)C(Cc1ccccc1)NC. The van der Waals surface area contributed by atoms with Gasteiger partial charge in [-0.1, -0.05) is 30.3 Å². The van der Waals surface area contributed by atoms with Gasteiger partial charge in [-0.25, -0.2) is 4.68 Å². The Kier molecular flexibility index (Phi) is 7.29. The maximum atomic E-state index is 12.9. The van der Waals surface area contributed by atoms with Crippen LogP contribution in [0.5, 0.6) is 0 Å². The second kappa shape index (κ2) is 10.3. The molecule has 3 rings (SSSR count). The van der Waals surface area contributed by atoms with Crippen LogP contribution >= 0.6 is 0 Å². The number of nitrogens with zero attached hydrogens (tertiary/aromatic N) is 3. The summed E-state index contributed by atoms with van der Waals surface area (Å²) in [5.74, 6) is -0.215. The number of pyridine rings is 1. The van der Waals surface area contributed by atoms with Gasteiger partial charge in [0.25, 0.3) is 0 Å². The van der Waals surface area contributed by atoms with E-state index < -0.39 is 12.0 Å². The molecule has 2 N–H and O–H groups in total. The average molecular weight is 407 g/mol. The number of aromatic nitrogens is 3. The van der Waals surface area contributed by atoms with Crippen LogP contribution in [-0.4, -0.2) is 46.3 Å². The normalized spacial score (nSPS) is 11.7. The highest BCUT2D eigenvalue weighted by Gasteiger charge is 2.21. The molecule has 0 saturated carbocycles. The lowest BCUT2D eigenvalue weighted by Gasteiger charge is -2.16. The van der Waals surface area contributed by atoms with Crippen LogP contribution < -0.4 is 10.6 Å². The predicted octanol–water partition coefficient (Wildman–Crippen LogP) is 2.28. The molecule has 0 aliphatic heterocycles. The third kappa shape index (κ3) is 5.51. The van der Waals surface area contributed by atoms with Crippen molar-refractivity contribution in [1.29, 1.82) is 0 Å². The summed E-state index contributed by atoms with van der Waals surface area (Å²) in [6, 6.07) is 14.7. The summed E-state index contributed by atoms with van der Waals surface area (Å²) in [6.07, 6.45) is 3.86. The molecule has 30 heavy (non-hydrogen) atoms. The van der Waals surface area contributed by atoms with Crippen LogP contribution in [0.1, 0.15) is 12.5 Å². The van der Waals surface area contributed by atoms with Crippen LogP contribution in [0.15, 0.2) is 60.9 Å². The van der Waals surface area contributed by atoms with Gasteiger partial charge in [0.1, 0.15) is 12.4 Å². The molecular formula is C22H25N5O3. The maximum absolute atomic E-state index is 12.9. The van der Waals surface area contributed by atoms with Crippen molar-refractivity contribution >= 4 is 17.7 Å². The summed E-state index contributed by atoms with van der Waals surface area (Å²) in [5, 5.41) is 10.4. The fraction of sp³-hybridized carbons (Fsp3) is 0.273. The third-order valence-corrected chi connectivity index (χ3v) is 4.54. The van der Waals surface area contributed by atoms with Crippen molar-refractivity contribution in [2.45, 2.75) is 25.9 Å². The number of anilines is 1. The minimum absolute atomic E-state index is 0.0998. The molecule has 0 fully saturated rings. The molecule has 8 heteroatoms. The molecule has 0 spiro atoms. The van der Waals surface area contributed by atoms with Gasteiger partial charge in [0.05, 0.1) is 18.3 Å². The second-order valence-corrected chi connectivity index (χ2v) is 6.63. The standard InChI is InChI=1S/C22H25N5O3/c1-3-30-21(28)15-27-20(14-18(26-27)17-9-11-24-12-10-17)25-22(29)19(23-2)13-16-7-5-4-6-8-16/h4-12,14,19,23H,3,13,15H2,1-2H3,(H,25,29). The van der Waals surface area contributed by atoms with E-state index in [2.05, 4.69) is 20.7 Å². The average Bonchev–Trinajstić information content (AvgIpc) is 3.15. The van der Waals surface area contributed by atoms with Crippen LogP contribution in [-0.2, 0) is 27.3 Å². The molecule has 2 aromatic heterocycles. The van der Waals surface area contributed by atoms with Crippen LogP contribution in [0.3, 0.4) is 0 Å². The van der Waals surface area contributed by atoms with Crippen LogP contribution in [0.2, 0.25) is 0 Å². The monoisotopic (exact) mass is 407 g/mol. The van der Waals surface area contributed by atoms with E-state index in [0.29, 0.717) is 17.9 Å². The van der Waals surface area contributed by atoms with Crippen LogP contribution in [0.4, 0.5) is 5.82 Å². The number of esters is 1. The quantitative estimate of drug-likeness (QED) is 0.528. The lowest BCUT2D eigenvalue weighted by atomic mass is 10.1. The number of benzene rings is 1. The van der Waals surface area contributed by atoms with E-state index in [1.807, 2.05) is 42.5 Å². The molecule has 8 nitrogen and oxygen atoms in total. The summed E-state index contributed by atoms with van der Waals surface area (Å²) in [5.41, 5.74) is 2.50. The lowest BCUT2D eigenvalue weighted by molar-refractivity contribution is -0.144. The molecule has 1 unspecified atom stereocenters. The van der Waals surface area contributed by atoms with Crippen molar-refractivity contribution in [3.63, 3.8) is 0 Å². The lowest BCUT2D eigenvalue weighted by Crippen LogP contribution is -2.40. The van der Waals surface area contributed by atoms with Crippen molar-refractivity contribution in [2.24, 2.45) is 0 Å². The van der Waals surface area contributed by atoms with Crippen molar-refractivity contribution in [2.75, 3.05) is 19.0 Å². The summed E-state index contributed by atoms with van der Waals surface area (Å²) in [7, 11) is 1.74. The Labute approximate surface area is 175 Å². The molecule has 2 heterocycles. The summed E-state index contributed by atoms with van der Waals surface area (Å²) in [6.45, 7) is 1.92. The maximum Gasteiger partial charge on any atom is 0.327 e. The van der Waals surface area contributed by atoms with E-state index in [1.165, 1.54) is 4.68 Å². The van der Waals surface area contributed by atoms with Gasteiger partial charge in [0.15, 0.2) is 0 Å². The van der Waals surface area contributed by atoms with E-state index in [-0.39, 0.29) is 19.1 Å². The van der Waals surface area contributed by atoms with Crippen molar-refractivity contribution in [1.82, 2.24) is 20.1 Å². The number of nitrogens with one attached hydrogen (secondary N) is 2. The molecule has 0 aliphatic carbocycles. The van der Waals surface area contributed by atoms with Crippen molar-refractivity contribution in [3.8, 4) is 11.3 Å². The molecule has 0 bridgehead atoms. The smallest absolute Gasteiger partial charge is 0.327 e. The second-order valence-electron chi connectivity index (χ2n) is 6.63. The number of likely N-dealkylation sites (N-methyl/N-ethyl adjacent to an activating group) is 1. The molecule has 0 radical (unpaired) electrons. The Hall–Kier alpha value is -3.52. The van der Waals surface area contributed by atoms with Crippen LogP contribution in [0.25, 0.3) is 11.3 Å². The number of amides is 1. The van der Waals surface area contributed by atoms with E-state index in [1.54, 1.807) is 32.4 Å². The first-order valence-corrected chi connectivity index (χ1v) is 9.76. The van der Waals surface area contributed by atoms with Gasteiger partial charge in [-0.05, 0) is 38.1 Å². The number of hydrogen-bond donors (Lipinski definition) is 2. The zero-order valence-electron chi connectivity index (χ0n) is 17.0. The summed E-state index contributed by atoms with van der Waals surface area (Å²) >= 11 is 0. The van der Waals surface area contributed by atoms with Gasteiger partial charge >= 0.3 is 5.97 Å². The zero-order valence-corrected chi connectivity index (χ0v) is 17.0. The van der Waals surface area contributed by atoms with Crippen molar-refractivity contribution in [3.05, 3.63) is 66.5 Å². The van der Waals surface area contributed by atoms with E-state index in [4.69, 9.17) is 4.74 Å². The van der Waals surface area contributed by atoms with Gasteiger partial charge in [0, 0.05) is 24.0 Å². The highest BCUT2D eigenvalue weighted by molar-refractivity contribution is 5.95. The topological polar surface area (TPSA) is 98.1 Å². The van der Waals surface area contributed by atoms with Crippen LogP contribution in [0, 0.1) is 0 Å². The number of carbonyl (C=O) groups excluding carboxylic acids is 2. The first-order chi connectivity index (χ1) is 14.6. The van der Waals surface area contributed by atoms with Gasteiger partial charge in [-0.2, -0.15) is 5.10 Å². The fourth-order valence-corrected chi connectivity index (χ4v) is 3.02. The Morgan fingerprint density at radius 3 is 2.53 bits per heavy atom. The van der Waals surface area contributed by atoms with Crippen molar-refractivity contribution < 1.29 is 14.3 Å². The Morgan fingerprint density at radius 2 is 1.87 bits per heavy atom. The fourth-order valence-electron chi connectivity index (χ4n) is 3.02.